The summed E-state index contributed by atoms with van der Waals surface area (Å²) in [4.78, 5) is 14.4. The summed E-state index contributed by atoms with van der Waals surface area (Å²) in [5.74, 6) is 1.30. The first-order valence-electron chi connectivity index (χ1n) is 9.29. The van der Waals surface area contributed by atoms with Gasteiger partial charge < -0.3 is 14.6 Å². The summed E-state index contributed by atoms with van der Waals surface area (Å²) in [7, 11) is 1.69. The second-order valence-electron chi connectivity index (χ2n) is 6.80. The third kappa shape index (κ3) is 4.64. The van der Waals surface area contributed by atoms with Gasteiger partial charge in [0.05, 0.1) is 12.8 Å². The number of amides is 1. The van der Waals surface area contributed by atoms with Crippen molar-refractivity contribution in [1.29, 1.82) is 0 Å². The number of likely N-dealkylation sites (tertiary alicyclic amines) is 1. The fourth-order valence-electron chi connectivity index (χ4n) is 3.38. The highest BCUT2D eigenvalue weighted by Gasteiger charge is 2.25. The van der Waals surface area contributed by atoms with Crippen LogP contribution in [-0.2, 0) is 6.54 Å². The SMILES string of the molecule is CCCNC(=O)c1cc(C2CCCN(Cc3cccc(OC)c3)C2)no1. The average molecular weight is 357 g/mol. The van der Waals surface area contributed by atoms with Gasteiger partial charge in [-0.3, -0.25) is 9.69 Å². The lowest BCUT2D eigenvalue weighted by molar-refractivity contribution is 0.0916. The van der Waals surface area contributed by atoms with Gasteiger partial charge in [0.15, 0.2) is 0 Å². The number of carbonyl (C=O) groups is 1. The van der Waals surface area contributed by atoms with Crippen molar-refractivity contribution in [2.24, 2.45) is 0 Å². The van der Waals surface area contributed by atoms with E-state index in [0.29, 0.717) is 18.2 Å². The van der Waals surface area contributed by atoms with Crippen LogP contribution >= 0.6 is 0 Å². The summed E-state index contributed by atoms with van der Waals surface area (Å²) in [5, 5.41) is 6.98. The third-order valence-corrected chi connectivity index (χ3v) is 4.75. The number of hydrogen-bond donors (Lipinski definition) is 1. The van der Waals surface area contributed by atoms with E-state index in [1.165, 1.54) is 5.56 Å². The Kier molecular flexibility index (Phi) is 6.28. The van der Waals surface area contributed by atoms with E-state index in [1.807, 2.05) is 19.1 Å². The van der Waals surface area contributed by atoms with Crippen molar-refractivity contribution in [1.82, 2.24) is 15.4 Å². The Bertz CT molecular complexity index is 729. The van der Waals surface area contributed by atoms with Gasteiger partial charge in [0.1, 0.15) is 5.75 Å². The molecule has 2 aromatic rings. The highest BCUT2D eigenvalue weighted by molar-refractivity contribution is 5.91. The number of nitrogens with zero attached hydrogens (tertiary/aromatic N) is 2. The monoisotopic (exact) mass is 357 g/mol. The number of carbonyl (C=O) groups excluding carboxylic acids is 1. The first kappa shape index (κ1) is 18.5. The van der Waals surface area contributed by atoms with E-state index in [9.17, 15) is 4.79 Å². The summed E-state index contributed by atoms with van der Waals surface area (Å²) in [6.07, 6.45) is 3.07. The molecule has 140 valence electrons. The lowest BCUT2D eigenvalue weighted by Crippen LogP contribution is -2.34. The van der Waals surface area contributed by atoms with E-state index in [4.69, 9.17) is 9.26 Å². The summed E-state index contributed by atoms with van der Waals surface area (Å²) in [5.41, 5.74) is 2.12. The molecule has 1 fully saturated rings. The molecule has 1 saturated heterocycles. The summed E-state index contributed by atoms with van der Waals surface area (Å²) < 4.78 is 10.6. The first-order valence-corrected chi connectivity index (χ1v) is 9.29. The zero-order chi connectivity index (χ0) is 18.4. The van der Waals surface area contributed by atoms with Crippen LogP contribution in [0.3, 0.4) is 0 Å². The molecule has 1 atom stereocenters. The first-order chi connectivity index (χ1) is 12.7. The molecule has 6 heteroatoms. The molecule has 2 heterocycles. The lowest BCUT2D eigenvalue weighted by atomic mass is 9.94. The minimum atomic E-state index is -0.186. The fraction of sp³-hybridized carbons (Fsp3) is 0.500. The van der Waals surface area contributed by atoms with Gasteiger partial charge in [0, 0.05) is 31.6 Å². The molecule has 0 spiro atoms. The van der Waals surface area contributed by atoms with Crippen LogP contribution in [0.15, 0.2) is 34.9 Å². The van der Waals surface area contributed by atoms with Crippen LogP contribution < -0.4 is 10.1 Å². The molecule has 1 aromatic carbocycles. The second kappa shape index (κ2) is 8.85. The zero-order valence-electron chi connectivity index (χ0n) is 15.5. The number of nitrogens with one attached hydrogen (secondary N) is 1. The average Bonchev–Trinajstić information content (AvgIpc) is 3.17. The van der Waals surface area contributed by atoms with Crippen LogP contribution in [0.1, 0.15) is 53.9 Å². The van der Waals surface area contributed by atoms with Gasteiger partial charge in [-0.1, -0.05) is 24.2 Å². The van der Waals surface area contributed by atoms with Crippen LogP contribution in [-0.4, -0.2) is 42.7 Å². The van der Waals surface area contributed by atoms with Gasteiger partial charge in [0.2, 0.25) is 5.76 Å². The third-order valence-electron chi connectivity index (χ3n) is 4.75. The number of methoxy groups -OCH3 is 1. The fourth-order valence-corrected chi connectivity index (χ4v) is 3.38. The van der Waals surface area contributed by atoms with Crippen LogP contribution in [0.25, 0.3) is 0 Å². The topological polar surface area (TPSA) is 67.6 Å². The second-order valence-corrected chi connectivity index (χ2v) is 6.80. The molecule has 0 saturated carbocycles. The van der Waals surface area contributed by atoms with Crippen LogP contribution in [0, 0.1) is 0 Å². The lowest BCUT2D eigenvalue weighted by Gasteiger charge is -2.31. The Labute approximate surface area is 154 Å². The Morgan fingerprint density at radius 1 is 1.42 bits per heavy atom. The molecule has 3 rings (SSSR count). The molecule has 1 amide bonds. The van der Waals surface area contributed by atoms with E-state index in [-0.39, 0.29) is 5.91 Å². The van der Waals surface area contributed by atoms with Gasteiger partial charge in [-0.2, -0.15) is 0 Å². The summed E-state index contributed by atoms with van der Waals surface area (Å²) in [6, 6.07) is 9.98. The Morgan fingerprint density at radius 2 is 2.31 bits per heavy atom. The normalized spacial score (nSPS) is 17.8. The van der Waals surface area contributed by atoms with Crippen LogP contribution in [0.5, 0.6) is 5.75 Å². The predicted octanol–water partition coefficient (Wildman–Crippen LogP) is 3.20. The Morgan fingerprint density at radius 3 is 3.12 bits per heavy atom. The molecule has 1 unspecified atom stereocenters. The molecule has 1 aromatic heterocycles. The maximum Gasteiger partial charge on any atom is 0.289 e. The van der Waals surface area contributed by atoms with Crippen LogP contribution in [0.2, 0.25) is 0 Å². The van der Waals surface area contributed by atoms with Crippen molar-refractivity contribution < 1.29 is 14.1 Å². The van der Waals surface area contributed by atoms with E-state index in [2.05, 4.69) is 27.5 Å². The van der Waals surface area contributed by atoms with E-state index in [0.717, 1.165) is 50.3 Å². The van der Waals surface area contributed by atoms with Crippen molar-refractivity contribution in [3.63, 3.8) is 0 Å². The van der Waals surface area contributed by atoms with Crippen molar-refractivity contribution in [2.45, 2.75) is 38.6 Å². The van der Waals surface area contributed by atoms with Crippen LogP contribution in [0.4, 0.5) is 0 Å². The standard InChI is InChI=1S/C20H27N3O3/c1-3-9-21-20(24)19-12-18(22-26-19)16-7-5-10-23(14-16)13-15-6-4-8-17(11-15)25-2/h4,6,8,11-12,16H,3,5,7,9-10,13-14H2,1-2H3,(H,21,24). The summed E-state index contributed by atoms with van der Waals surface area (Å²) >= 11 is 0. The molecule has 1 aliphatic heterocycles. The number of rotatable bonds is 7. The van der Waals surface area contributed by atoms with Gasteiger partial charge in [0.25, 0.3) is 5.91 Å². The predicted molar refractivity (Wildman–Crippen MR) is 99.4 cm³/mol. The van der Waals surface area contributed by atoms with E-state index >= 15 is 0 Å². The molecule has 0 radical (unpaired) electrons. The maximum absolute atomic E-state index is 12.0. The minimum absolute atomic E-state index is 0.186. The highest BCUT2D eigenvalue weighted by Crippen LogP contribution is 2.28. The Hall–Kier alpha value is -2.34. The van der Waals surface area contributed by atoms with Gasteiger partial charge >= 0.3 is 0 Å². The minimum Gasteiger partial charge on any atom is -0.497 e. The van der Waals surface area contributed by atoms with Gasteiger partial charge in [-0.05, 0) is 43.5 Å². The smallest absolute Gasteiger partial charge is 0.289 e. The molecule has 26 heavy (non-hydrogen) atoms. The molecule has 1 aliphatic rings. The quantitative estimate of drug-likeness (QED) is 0.824. The summed E-state index contributed by atoms with van der Waals surface area (Å²) in [6.45, 7) is 5.53. The molecule has 0 aliphatic carbocycles. The largest absolute Gasteiger partial charge is 0.497 e. The number of benzene rings is 1. The zero-order valence-corrected chi connectivity index (χ0v) is 15.5. The number of piperidine rings is 1. The molecule has 1 N–H and O–H groups in total. The van der Waals surface area contributed by atoms with Crippen molar-refractivity contribution in [3.8, 4) is 5.75 Å². The van der Waals surface area contributed by atoms with Crippen molar-refractivity contribution in [3.05, 3.63) is 47.3 Å². The van der Waals surface area contributed by atoms with Gasteiger partial charge in [-0.25, -0.2) is 0 Å². The number of hydrogen-bond acceptors (Lipinski definition) is 5. The number of aromatic nitrogens is 1. The molecule has 6 nitrogen and oxygen atoms in total. The van der Waals surface area contributed by atoms with Crippen molar-refractivity contribution in [2.75, 3.05) is 26.7 Å². The van der Waals surface area contributed by atoms with Gasteiger partial charge in [-0.15, -0.1) is 0 Å². The van der Waals surface area contributed by atoms with Crippen molar-refractivity contribution >= 4 is 5.91 Å². The molecule has 0 bridgehead atoms. The number of ether oxygens (including phenoxy) is 1. The highest BCUT2D eigenvalue weighted by atomic mass is 16.5. The maximum atomic E-state index is 12.0. The van der Waals surface area contributed by atoms with E-state index in [1.54, 1.807) is 13.2 Å². The Balaban J connectivity index is 1.61. The molecular weight excluding hydrogens is 330 g/mol. The molecular formula is C20H27N3O3. The van der Waals surface area contributed by atoms with E-state index < -0.39 is 0 Å².